The van der Waals surface area contributed by atoms with Crippen molar-refractivity contribution in [3.63, 3.8) is 0 Å². The van der Waals surface area contributed by atoms with Crippen molar-refractivity contribution in [2.45, 2.75) is 12.6 Å². The van der Waals surface area contributed by atoms with Gasteiger partial charge in [0, 0.05) is 28.8 Å². The van der Waals surface area contributed by atoms with E-state index in [1.807, 2.05) is 35.5 Å². The third kappa shape index (κ3) is 3.06. The largest absolute Gasteiger partial charge is 0.337 e. The first-order chi connectivity index (χ1) is 11.8. The molecule has 1 aromatic carbocycles. The lowest BCUT2D eigenvalue weighted by molar-refractivity contribution is 0.210. The molecule has 0 spiro atoms. The summed E-state index contributed by atoms with van der Waals surface area (Å²) >= 11 is 3.50. The zero-order chi connectivity index (χ0) is 16.4. The Balaban J connectivity index is 1.56. The molecule has 120 valence electrons. The van der Waals surface area contributed by atoms with Crippen LogP contribution in [0, 0.1) is 11.3 Å². The van der Waals surface area contributed by atoms with E-state index in [0.29, 0.717) is 17.3 Å². The molecule has 3 heterocycles. The summed E-state index contributed by atoms with van der Waals surface area (Å²) in [7, 11) is 0. The van der Waals surface area contributed by atoms with Crippen LogP contribution in [0.1, 0.15) is 22.5 Å². The Labute approximate surface area is 147 Å². The molecule has 1 fully saturated rings. The van der Waals surface area contributed by atoms with E-state index in [0.717, 1.165) is 28.7 Å². The lowest BCUT2D eigenvalue weighted by atomic mass is 10.1. The van der Waals surface area contributed by atoms with Gasteiger partial charge in [-0.2, -0.15) is 10.2 Å². The number of benzene rings is 1. The molecule has 0 aliphatic carbocycles. The van der Waals surface area contributed by atoms with Gasteiger partial charge in [-0.1, -0.05) is 17.3 Å². The quantitative estimate of drug-likeness (QED) is 0.710. The monoisotopic (exact) mass is 355 g/mol. The number of nitriles is 1. The van der Waals surface area contributed by atoms with E-state index in [-0.39, 0.29) is 6.04 Å². The molecule has 1 aliphatic rings. The van der Waals surface area contributed by atoms with Gasteiger partial charge < -0.3 is 4.52 Å². The van der Waals surface area contributed by atoms with Crippen LogP contribution in [0.15, 0.2) is 40.4 Å². The molecular formula is C16H13N5OS2. The van der Waals surface area contributed by atoms with Crippen molar-refractivity contribution in [3.05, 3.63) is 52.3 Å². The molecule has 0 amide bonds. The first-order valence-electron chi connectivity index (χ1n) is 7.38. The van der Waals surface area contributed by atoms with Crippen molar-refractivity contribution in [3.8, 4) is 17.5 Å². The van der Waals surface area contributed by atoms with Crippen LogP contribution in [0.4, 0.5) is 0 Å². The van der Waals surface area contributed by atoms with E-state index in [4.69, 9.17) is 9.78 Å². The molecule has 0 saturated carbocycles. The van der Waals surface area contributed by atoms with Crippen molar-refractivity contribution in [2.75, 3.05) is 11.6 Å². The van der Waals surface area contributed by atoms with Crippen molar-refractivity contribution in [2.24, 2.45) is 0 Å². The predicted molar refractivity (Wildman–Crippen MR) is 92.2 cm³/mol. The van der Waals surface area contributed by atoms with Gasteiger partial charge >= 0.3 is 0 Å². The minimum Gasteiger partial charge on any atom is -0.337 e. The van der Waals surface area contributed by atoms with Gasteiger partial charge in [-0.05, 0) is 12.1 Å². The Morgan fingerprint density at radius 1 is 1.42 bits per heavy atom. The van der Waals surface area contributed by atoms with E-state index in [9.17, 15) is 0 Å². The fourth-order valence-corrected chi connectivity index (χ4v) is 4.41. The second-order valence-electron chi connectivity index (χ2n) is 5.34. The molecule has 1 saturated heterocycles. The number of thiazole rings is 1. The first kappa shape index (κ1) is 15.3. The van der Waals surface area contributed by atoms with Crippen molar-refractivity contribution in [1.29, 1.82) is 5.26 Å². The van der Waals surface area contributed by atoms with Gasteiger partial charge in [0.05, 0.1) is 24.2 Å². The fraction of sp³-hybridized carbons (Fsp3) is 0.250. The summed E-state index contributed by atoms with van der Waals surface area (Å²) in [6, 6.07) is 9.46. The molecular weight excluding hydrogens is 342 g/mol. The molecule has 0 radical (unpaired) electrons. The van der Waals surface area contributed by atoms with Gasteiger partial charge in [0.2, 0.25) is 11.7 Å². The number of nitrogens with zero attached hydrogens (tertiary/aromatic N) is 5. The molecule has 24 heavy (non-hydrogen) atoms. The van der Waals surface area contributed by atoms with Gasteiger partial charge in [-0.15, -0.1) is 23.1 Å². The zero-order valence-corrected chi connectivity index (χ0v) is 14.3. The maximum atomic E-state index is 9.02. The van der Waals surface area contributed by atoms with Crippen LogP contribution in [0.5, 0.6) is 0 Å². The van der Waals surface area contributed by atoms with Crippen molar-refractivity contribution in [1.82, 2.24) is 20.0 Å². The van der Waals surface area contributed by atoms with E-state index in [1.165, 1.54) is 0 Å². The van der Waals surface area contributed by atoms with Gasteiger partial charge in [-0.3, -0.25) is 4.90 Å². The second kappa shape index (κ2) is 6.73. The Morgan fingerprint density at radius 3 is 3.21 bits per heavy atom. The highest BCUT2D eigenvalue weighted by Gasteiger charge is 2.31. The summed E-state index contributed by atoms with van der Waals surface area (Å²) in [5, 5.41) is 16.2. The number of rotatable bonds is 4. The highest BCUT2D eigenvalue weighted by molar-refractivity contribution is 7.99. The maximum absolute atomic E-state index is 9.02. The molecule has 6 nitrogen and oxygen atoms in total. The highest BCUT2D eigenvalue weighted by atomic mass is 32.2. The SMILES string of the molecule is N#Cc1cccc(-c2noc([C@@H]3CSCN3Cc3nccs3)n2)c1. The summed E-state index contributed by atoms with van der Waals surface area (Å²) in [6.07, 6.45) is 1.82. The molecule has 2 aromatic heterocycles. The average Bonchev–Trinajstić information content (AvgIpc) is 3.36. The van der Waals surface area contributed by atoms with Crippen LogP contribution in [0.3, 0.4) is 0 Å². The average molecular weight is 355 g/mol. The van der Waals surface area contributed by atoms with Gasteiger partial charge in [0.25, 0.3) is 0 Å². The van der Waals surface area contributed by atoms with E-state index >= 15 is 0 Å². The van der Waals surface area contributed by atoms with Crippen molar-refractivity contribution >= 4 is 23.1 Å². The summed E-state index contributed by atoms with van der Waals surface area (Å²) in [5.74, 6) is 2.99. The minimum atomic E-state index is 0.0966. The Kier molecular flexibility index (Phi) is 4.30. The second-order valence-corrected chi connectivity index (χ2v) is 7.32. The molecule has 3 aromatic rings. The number of aromatic nitrogens is 3. The predicted octanol–water partition coefficient (Wildman–Crippen LogP) is 3.31. The smallest absolute Gasteiger partial charge is 0.245 e. The van der Waals surface area contributed by atoms with Crippen LogP contribution < -0.4 is 0 Å². The molecule has 0 N–H and O–H groups in total. The third-order valence-corrected chi connectivity index (χ3v) is 5.60. The van der Waals surface area contributed by atoms with Gasteiger partial charge in [-0.25, -0.2) is 4.98 Å². The molecule has 0 bridgehead atoms. The van der Waals surface area contributed by atoms with E-state index in [1.54, 1.807) is 23.5 Å². The summed E-state index contributed by atoms with van der Waals surface area (Å²) in [4.78, 5) is 11.2. The highest BCUT2D eigenvalue weighted by Crippen LogP contribution is 2.34. The fourth-order valence-electron chi connectivity index (χ4n) is 2.58. The van der Waals surface area contributed by atoms with Crippen LogP contribution in [-0.4, -0.2) is 31.7 Å². The Morgan fingerprint density at radius 2 is 2.38 bits per heavy atom. The Hall–Kier alpha value is -2.21. The lowest BCUT2D eigenvalue weighted by Gasteiger charge is -2.18. The van der Waals surface area contributed by atoms with Gasteiger partial charge in [0.1, 0.15) is 5.01 Å². The van der Waals surface area contributed by atoms with Crippen molar-refractivity contribution < 1.29 is 4.52 Å². The van der Waals surface area contributed by atoms with Crippen LogP contribution in [0.2, 0.25) is 0 Å². The normalized spacial score (nSPS) is 17.9. The topological polar surface area (TPSA) is 78.8 Å². The molecule has 1 aliphatic heterocycles. The summed E-state index contributed by atoms with van der Waals surface area (Å²) in [6.45, 7) is 0.789. The zero-order valence-electron chi connectivity index (χ0n) is 12.6. The van der Waals surface area contributed by atoms with Crippen LogP contribution >= 0.6 is 23.1 Å². The Bertz CT molecular complexity index is 871. The summed E-state index contributed by atoms with van der Waals surface area (Å²) in [5.41, 5.74) is 1.38. The third-order valence-electron chi connectivity index (χ3n) is 3.77. The number of hydrogen-bond acceptors (Lipinski definition) is 8. The summed E-state index contributed by atoms with van der Waals surface area (Å²) < 4.78 is 5.51. The first-order valence-corrected chi connectivity index (χ1v) is 9.41. The van der Waals surface area contributed by atoms with Gasteiger partial charge in [0.15, 0.2) is 0 Å². The standard InChI is InChI=1S/C16H13N5OS2/c17-7-11-2-1-3-12(6-11)15-19-16(22-20-15)13-9-23-10-21(13)8-14-18-4-5-24-14/h1-6,13H,8-10H2/t13-/m0/s1. The van der Waals surface area contributed by atoms with Crippen LogP contribution in [0.25, 0.3) is 11.4 Å². The number of thioether (sulfide) groups is 1. The van der Waals surface area contributed by atoms with E-state index in [2.05, 4.69) is 26.1 Å². The molecule has 0 unspecified atom stereocenters. The maximum Gasteiger partial charge on any atom is 0.245 e. The molecule has 1 atom stereocenters. The molecule has 8 heteroatoms. The number of hydrogen-bond donors (Lipinski definition) is 0. The van der Waals surface area contributed by atoms with Crippen LogP contribution in [-0.2, 0) is 6.54 Å². The van der Waals surface area contributed by atoms with E-state index < -0.39 is 0 Å². The lowest BCUT2D eigenvalue weighted by Crippen LogP contribution is -2.23. The minimum absolute atomic E-state index is 0.0966. The molecule has 4 rings (SSSR count).